The molecule has 0 saturated carbocycles. The van der Waals surface area contributed by atoms with Crippen LogP contribution in [0.5, 0.6) is 5.75 Å². The average Bonchev–Trinajstić information content (AvgIpc) is 3.47. The van der Waals surface area contributed by atoms with E-state index in [4.69, 9.17) is 26.1 Å². The summed E-state index contributed by atoms with van der Waals surface area (Å²) in [5.41, 5.74) is 0.664. The van der Waals surface area contributed by atoms with Crippen molar-refractivity contribution in [1.82, 2.24) is 4.98 Å². The smallest absolute Gasteiger partial charge is 0.228 e. The fraction of sp³-hybridized carbons (Fsp3) is 0.391. The number of methoxy groups -OCH3 is 1. The molecule has 1 aliphatic heterocycles. The van der Waals surface area contributed by atoms with E-state index >= 15 is 0 Å². The molecule has 32 heavy (non-hydrogen) atoms. The summed E-state index contributed by atoms with van der Waals surface area (Å²) < 4.78 is 25.1. The first-order valence-corrected chi connectivity index (χ1v) is 12.7. The molecule has 0 radical (unpaired) electrons. The molecule has 1 fully saturated rings. The number of hydrogen-bond acceptors (Lipinski definition) is 6. The summed E-state index contributed by atoms with van der Waals surface area (Å²) in [6, 6.07) is 9.97. The van der Waals surface area contributed by atoms with Gasteiger partial charge in [0.2, 0.25) is 5.91 Å². The minimum Gasteiger partial charge on any atom is -0.494 e. The molecule has 1 aromatic heterocycles. The van der Waals surface area contributed by atoms with E-state index in [1.807, 2.05) is 0 Å². The lowest BCUT2D eigenvalue weighted by Crippen LogP contribution is -2.37. The predicted octanol–water partition coefficient (Wildman–Crippen LogP) is 6.18. The lowest BCUT2D eigenvalue weighted by atomic mass is 10.2. The van der Waals surface area contributed by atoms with Crippen LogP contribution in [-0.4, -0.2) is 43.0 Å². The number of amides is 1. The molecule has 1 unspecified atom stereocenters. The zero-order valence-corrected chi connectivity index (χ0v) is 20.1. The van der Waals surface area contributed by atoms with Crippen LogP contribution in [-0.2, 0) is 9.53 Å². The quantitative estimate of drug-likeness (QED) is 0.262. The van der Waals surface area contributed by atoms with Crippen molar-refractivity contribution in [3.8, 4) is 5.75 Å². The van der Waals surface area contributed by atoms with Gasteiger partial charge in [-0.25, -0.2) is 9.37 Å². The molecule has 1 aliphatic rings. The summed E-state index contributed by atoms with van der Waals surface area (Å²) in [5.74, 6) is 1.16. The zero-order chi connectivity index (χ0) is 22.5. The molecule has 0 N–H and O–H groups in total. The van der Waals surface area contributed by atoms with Gasteiger partial charge in [-0.3, -0.25) is 9.69 Å². The highest BCUT2D eigenvalue weighted by atomic mass is 35.5. The number of thioether (sulfide) groups is 1. The first kappa shape index (κ1) is 23.3. The van der Waals surface area contributed by atoms with E-state index in [0.717, 1.165) is 34.8 Å². The first-order chi connectivity index (χ1) is 15.5. The van der Waals surface area contributed by atoms with Gasteiger partial charge in [-0.1, -0.05) is 22.9 Å². The summed E-state index contributed by atoms with van der Waals surface area (Å²) in [4.78, 5) is 20.7. The summed E-state index contributed by atoms with van der Waals surface area (Å²) >= 11 is 9.39. The SMILES string of the molecule is COc1ccc(Cl)c2sc(N(CC3CCCO3)C(=O)CCCSc3ccc(F)cc3)nc12. The lowest BCUT2D eigenvalue weighted by Gasteiger charge is -2.23. The molecule has 9 heteroatoms. The summed E-state index contributed by atoms with van der Waals surface area (Å²) in [6.07, 6.45) is 3.04. The van der Waals surface area contributed by atoms with Crippen molar-refractivity contribution in [2.45, 2.75) is 36.7 Å². The Balaban J connectivity index is 1.47. The maximum Gasteiger partial charge on any atom is 0.228 e. The zero-order valence-electron chi connectivity index (χ0n) is 17.7. The van der Waals surface area contributed by atoms with Gasteiger partial charge in [0.25, 0.3) is 0 Å². The van der Waals surface area contributed by atoms with Gasteiger partial charge >= 0.3 is 0 Å². The molecule has 2 heterocycles. The number of nitrogens with zero attached hydrogens (tertiary/aromatic N) is 2. The molecule has 0 spiro atoms. The van der Waals surface area contributed by atoms with Gasteiger partial charge in [0, 0.05) is 17.9 Å². The third-order valence-electron chi connectivity index (χ3n) is 5.23. The summed E-state index contributed by atoms with van der Waals surface area (Å²) in [7, 11) is 1.59. The Labute approximate surface area is 199 Å². The van der Waals surface area contributed by atoms with Crippen LogP contribution in [0.4, 0.5) is 9.52 Å². The molecule has 4 rings (SSSR count). The van der Waals surface area contributed by atoms with Crippen molar-refractivity contribution in [3.63, 3.8) is 0 Å². The third-order valence-corrected chi connectivity index (χ3v) is 7.86. The van der Waals surface area contributed by atoms with E-state index in [-0.39, 0.29) is 17.8 Å². The Bertz CT molecular complexity index is 1070. The van der Waals surface area contributed by atoms with E-state index in [2.05, 4.69) is 0 Å². The Morgan fingerprint density at radius 3 is 2.88 bits per heavy atom. The minimum absolute atomic E-state index is 0.00866. The van der Waals surface area contributed by atoms with Crippen LogP contribution in [0.25, 0.3) is 10.2 Å². The minimum atomic E-state index is -0.248. The normalized spacial score (nSPS) is 15.9. The van der Waals surface area contributed by atoms with Crippen LogP contribution in [0.15, 0.2) is 41.3 Å². The van der Waals surface area contributed by atoms with Crippen LogP contribution >= 0.6 is 34.7 Å². The second-order valence-electron chi connectivity index (χ2n) is 7.47. The van der Waals surface area contributed by atoms with Gasteiger partial charge in [-0.2, -0.15) is 0 Å². The number of benzene rings is 2. The lowest BCUT2D eigenvalue weighted by molar-refractivity contribution is -0.119. The van der Waals surface area contributed by atoms with Gasteiger partial charge in [0.15, 0.2) is 5.13 Å². The highest BCUT2D eigenvalue weighted by Crippen LogP contribution is 2.39. The molecular weight excluding hydrogens is 471 g/mol. The van der Waals surface area contributed by atoms with Crippen LogP contribution in [0, 0.1) is 5.82 Å². The Morgan fingerprint density at radius 1 is 1.34 bits per heavy atom. The van der Waals surface area contributed by atoms with Crippen LogP contribution < -0.4 is 9.64 Å². The average molecular weight is 495 g/mol. The number of aromatic nitrogens is 1. The molecule has 1 amide bonds. The molecule has 5 nitrogen and oxygen atoms in total. The summed E-state index contributed by atoms with van der Waals surface area (Å²) in [6.45, 7) is 1.20. The summed E-state index contributed by atoms with van der Waals surface area (Å²) in [5, 5.41) is 1.20. The number of fused-ring (bicyclic) bond motifs is 1. The molecular formula is C23H24ClFN2O3S2. The largest absolute Gasteiger partial charge is 0.494 e. The van der Waals surface area contributed by atoms with Crippen molar-refractivity contribution in [2.24, 2.45) is 0 Å². The molecule has 1 saturated heterocycles. The second kappa shape index (κ2) is 10.8. The molecule has 170 valence electrons. The van der Waals surface area contributed by atoms with E-state index in [1.165, 1.54) is 23.5 Å². The van der Waals surface area contributed by atoms with Gasteiger partial charge in [0.05, 0.1) is 29.5 Å². The highest BCUT2D eigenvalue weighted by molar-refractivity contribution is 7.99. The highest BCUT2D eigenvalue weighted by Gasteiger charge is 2.27. The van der Waals surface area contributed by atoms with Crippen molar-refractivity contribution < 1.29 is 18.7 Å². The van der Waals surface area contributed by atoms with Crippen molar-refractivity contribution in [3.05, 3.63) is 47.2 Å². The third kappa shape index (κ3) is 5.54. The van der Waals surface area contributed by atoms with E-state index in [1.54, 1.807) is 48.0 Å². The number of halogens is 2. The van der Waals surface area contributed by atoms with Crippen LogP contribution in [0.2, 0.25) is 5.02 Å². The van der Waals surface area contributed by atoms with Crippen LogP contribution in [0.3, 0.4) is 0 Å². The topological polar surface area (TPSA) is 51.7 Å². The van der Waals surface area contributed by atoms with Gasteiger partial charge in [-0.05, 0) is 61.4 Å². The monoisotopic (exact) mass is 494 g/mol. The molecule has 0 aliphatic carbocycles. The van der Waals surface area contributed by atoms with Gasteiger partial charge in [-0.15, -0.1) is 11.8 Å². The Morgan fingerprint density at radius 2 is 2.16 bits per heavy atom. The maximum atomic E-state index is 13.2. The van der Waals surface area contributed by atoms with Crippen molar-refractivity contribution in [2.75, 3.05) is 30.9 Å². The van der Waals surface area contributed by atoms with Crippen molar-refractivity contribution in [1.29, 1.82) is 0 Å². The Kier molecular flexibility index (Phi) is 7.88. The number of carbonyl (C=O) groups is 1. The number of anilines is 1. The maximum absolute atomic E-state index is 13.2. The van der Waals surface area contributed by atoms with Gasteiger partial charge in [0.1, 0.15) is 17.1 Å². The van der Waals surface area contributed by atoms with E-state index < -0.39 is 0 Å². The first-order valence-electron chi connectivity index (χ1n) is 10.5. The number of carbonyl (C=O) groups excluding carboxylic acids is 1. The van der Waals surface area contributed by atoms with Crippen molar-refractivity contribution >= 4 is 56.0 Å². The standard InChI is InChI=1S/C23H24ClFN2O3S2/c1-29-19-11-10-18(24)22-21(19)26-23(32-22)27(14-16-4-2-12-30-16)20(28)5-3-13-31-17-8-6-15(25)7-9-17/h6-11,16H,2-5,12-14H2,1H3. The Hall–Kier alpha value is -1.87. The predicted molar refractivity (Wildman–Crippen MR) is 129 cm³/mol. The second-order valence-corrected chi connectivity index (χ2v) is 10.0. The number of hydrogen-bond donors (Lipinski definition) is 0. The fourth-order valence-electron chi connectivity index (χ4n) is 3.58. The number of thiazole rings is 1. The molecule has 1 atom stereocenters. The van der Waals surface area contributed by atoms with Crippen LogP contribution in [0.1, 0.15) is 25.7 Å². The molecule has 3 aromatic rings. The fourth-order valence-corrected chi connectivity index (χ4v) is 5.71. The number of ether oxygens (including phenoxy) is 2. The number of rotatable bonds is 9. The van der Waals surface area contributed by atoms with E-state index in [0.29, 0.717) is 40.8 Å². The molecule has 2 aromatic carbocycles. The molecule has 0 bridgehead atoms. The van der Waals surface area contributed by atoms with Gasteiger partial charge < -0.3 is 9.47 Å². The van der Waals surface area contributed by atoms with E-state index in [9.17, 15) is 9.18 Å².